The zero-order chi connectivity index (χ0) is 5.98. The number of rotatable bonds is 1. The van der Waals surface area contributed by atoms with Crippen molar-refractivity contribution < 1.29 is 0 Å². The Labute approximate surface area is 48.7 Å². The van der Waals surface area contributed by atoms with Gasteiger partial charge < -0.3 is 10.6 Å². The van der Waals surface area contributed by atoms with E-state index in [4.69, 9.17) is 11.0 Å². The van der Waals surface area contributed by atoms with Crippen molar-refractivity contribution >= 4 is 0 Å². The van der Waals surface area contributed by atoms with Gasteiger partial charge >= 0.3 is 0 Å². The van der Waals surface area contributed by atoms with Crippen LogP contribution in [0.2, 0.25) is 0 Å². The Kier molecular flexibility index (Phi) is 1.36. The van der Waals surface area contributed by atoms with Crippen molar-refractivity contribution in [2.45, 2.75) is 0 Å². The molecule has 0 aromatic rings. The normalized spacial score (nSPS) is 19.8. The molecule has 0 atom stereocenters. The summed E-state index contributed by atoms with van der Waals surface area (Å²) in [6.07, 6.45) is 2.04. The van der Waals surface area contributed by atoms with Gasteiger partial charge in [-0.3, -0.25) is 0 Å². The number of nitrogens with two attached hydrogens (primary N) is 1. The summed E-state index contributed by atoms with van der Waals surface area (Å²) in [5.74, 6) is 0.578. The van der Waals surface area contributed by atoms with E-state index in [1.807, 2.05) is 6.19 Å². The third-order valence-electron chi connectivity index (χ3n) is 1.43. The molecule has 0 bridgehead atoms. The maximum absolute atomic E-state index is 8.23. The van der Waals surface area contributed by atoms with E-state index in [0.29, 0.717) is 5.92 Å². The quantitative estimate of drug-likeness (QED) is 0.458. The Morgan fingerprint density at radius 1 is 1.75 bits per heavy atom. The van der Waals surface area contributed by atoms with E-state index >= 15 is 0 Å². The summed E-state index contributed by atoms with van der Waals surface area (Å²) in [6, 6.07) is 0. The van der Waals surface area contributed by atoms with Crippen LogP contribution >= 0.6 is 0 Å². The molecule has 0 spiro atoms. The van der Waals surface area contributed by atoms with Gasteiger partial charge in [0.2, 0.25) is 0 Å². The van der Waals surface area contributed by atoms with Crippen LogP contribution < -0.4 is 5.73 Å². The Bertz CT molecular complexity index is 109. The molecule has 1 heterocycles. The van der Waals surface area contributed by atoms with Crippen LogP contribution in [0, 0.1) is 17.4 Å². The lowest BCUT2D eigenvalue weighted by atomic mass is 10.0. The minimum atomic E-state index is 0.578. The average molecular weight is 111 g/mol. The maximum atomic E-state index is 8.23. The van der Waals surface area contributed by atoms with Crippen molar-refractivity contribution in [2.75, 3.05) is 19.6 Å². The third kappa shape index (κ3) is 0.749. The molecule has 0 saturated carbocycles. The molecule has 1 fully saturated rings. The molecule has 1 aliphatic heterocycles. The lowest BCUT2D eigenvalue weighted by Gasteiger charge is -2.33. The Balaban J connectivity index is 2.14. The molecular formula is C5H9N3. The Hall–Kier alpha value is -0.750. The number of likely N-dealkylation sites (tertiary alicyclic amines) is 1. The number of hydrogen-bond acceptors (Lipinski definition) is 3. The molecule has 3 heteroatoms. The monoisotopic (exact) mass is 111 g/mol. The summed E-state index contributed by atoms with van der Waals surface area (Å²) in [5.41, 5.74) is 5.31. The molecule has 1 rings (SSSR count). The average Bonchev–Trinajstić information content (AvgIpc) is 1.65. The molecule has 8 heavy (non-hydrogen) atoms. The van der Waals surface area contributed by atoms with E-state index < -0.39 is 0 Å². The topological polar surface area (TPSA) is 53.0 Å². The highest BCUT2D eigenvalue weighted by Crippen LogP contribution is 2.10. The maximum Gasteiger partial charge on any atom is 0.179 e. The van der Waals surface area contributed by atoms with Crippen LogP contribution in [-0.4, -0.2) is 24.5 Å². The van der Waals surface area contributed by atoms with Gasteiger partial charge in [-0.25, -0.2) is 0 Å². The first-order valence-corrected chi connectivity index (χ1v) is 2.71. The molecular weight excluding hydrogens is 102 g/mol. The van der Waals surface area contributed by atoms with E-state index in [1.54, 1.807) is 4.90 Å². The first-order chi connectivity index (χ1) is 3.86. The van der Waals surface area contributed by atoms with E-state index in [-0.39, 0.29) is 0 Å². The van der Waals surface area contributed by atoms with Crippen molar-refractivity contribution in [1.29, 1.82) is 5.26 Å². The van der Waals surface area contributed by atoms with Gasteiger partial charge in [0.1, 0.15) is 0 Å². The predicted molar refractivity (Wildman–Crippen MR) is 29.7 cm³/mol. The van der Waals surface area contributed by atoms with Crippen LogP contribution in [0.15, 0.2) is 0 Å². The molecule has 44 valence electrons. The summed E-state index contributed by atoms with van der Waals surface area (Å²) in [6.45, 7) is 2.46. The Morgan fingerprint density at radius 2 is 2.38 bits per heavy atom. The smallest absolute Gasteiger partial charge is 0.179 e. The lowest BCUT2D eigenvalue weighted by molar-refractivity contribution is 0.178. The fourth-order valence-electron chi connectivity index (χ4n) is 0.801. The minimum absolute atomic E-state index is 0.578. The predicted octanol–water partition coefficient (Wildman–Crippen LogP) is -0.642. The van der Waals surface area contributed by atoms with E-state index in [1.165, 1.54) is 0 Å². The van der Waals surface area contributed by atoms with Gasteiger partial charge in [-0.05, 0) is 6.54 Å². The van der Waals surface area contributed by atoms with Crippen LogP contribution in [-0.2, 0) is 0 Å². The van der Waals surface area contributed by atoms with E-state index in [0.717, 1.165) is 19.6 Å². The lowest BCUT2D eigenvalue weighted by Crippen LogP contribution is -2.46. The van der Waals surface area contributed by atoms with Gasteiger partial charge in [0.15, 0.2) is 6.19 Å². The molecule has 0 aromatic carbocycles. The number of nitriles is 1. The van der Waals surface area contributed by atoms with Crippen molar-refractivity contribution in [3.63, 3.8) is 0 Å². The van der Waals surface area contributed by atoms with Crippen LogP contribution in [0.1, 0.15) is 0 Å². The molecule has 2 N–H and O–H groups in total. The summed E-state index contributed by atoms with van der Waals surface area (Å²) >= 11 is 0. The first kappa shape index (κ1) is 5.39. The molecule has 0 amide bonds. The molecule has 3 nitrogen and oxygen atoms in total. The molecule has 0 unspecified atom stereocenters. The van der Waals surface area contributed by atoms with Gasteiger partial charge in [0, 0.05) is 19.0 Å². The second-order valence-electron chi connectivity index (χ2n) is 2.11. The first-order valence-electron chi connectivity index (χ1n) is 2.71. The SMILES string of the molecule is N#CN1CC(CN)C1. The van der Waals surface area contributed by atoms with Crippen LogP contribution in [0.3, 0.4) is 0 Å². The van der Waals surface area contributed by atoms with E-state index in [2.05, 4.69) is 0 Å². The van der Waals surface area contributed by atoms with Crippen molar-refractivity contribution in [3.05, 3.63) is 0 Å². The second kappa shape index (κ2) is 2.01. The van der Waals surface area contributed by atoms with Crippen LogP contribution in [0.25, 0.3) is 0 Å². The largest absolute Gasteiger partial charge is 0.330 e. The van der Waals surface area contributed by atoms with Gasteiger partial charge in [-0.15, -0.1) is 0 Å². The second-order valence-corrected chi connectivity index (χ2v) is 2.11. The fourth-order valence-corrected chi connectivity index (χ4v) is 0.801. The van der Waals surface area contributed by atoms with Crippen molar-refractivity contribution in [1.82, 2.24) is 4.90 Å². The minimum Gasteiger partial charge on any atom is -0.330 e. The molecule has 0 aromatic heterocycles. The molecule has 0 aliphatic carbocycles. The standard InChI is InChI=1S/C5H9N3/c6-1-5-2-8(3-5)4-7/h5H,1-3,6H2. The fraction of sp³-hybridized carbons (Fsp3) is 0.800. The van der Waals surface area contributed by atoms with Crippen molar-refractivity contribution in [2.24, 2.45) is 11.7 Å². The third-order valence-corrected chi connectivity index (χ3v) is 1.43. The number of hydrogen-bond donors (Lipinski definition) is 1. The molecule has 1 aliphatic rings. The highest BCUT2D eigenvalue weighted by molar-refractivity contribution is 4.88. The summed E-state index contributed by atoms with van der Waals surface area (Å²) in [5, 5.41) is 8.23. The van der Waals surface area contributed by atoms with Gasteiger partial charge in [0.25, 0.3) is 0 Å². The van der Waals surface area contributed by atoms with Crippen molar-refractivity contribution in [3.8, 4) is 6.19 Å². The zero-order valence-electron chi connectivity index (χ0n) is 4.67. The highest BCUT2D eigenvalue weighted by Gasteiger charge is 2.23. The zero-order valence-corrected chi connectivity index (χ0v) is 4.67. The molecule has 1 saturated heterocycles. The van der Waals surface area contributed by atoms with Gasteiger partial charge in [-0.2, -0.15) is 5.26 Å². The van der Waals surface area contributed by atoms with Gasteiger partial charge in [0.05, 0.1) is 0 Å². The van der Waals surface area contributed by atoms with Crippen LogP contribution in [0.5, 0.6) is 0 Å². The summed E-state index contributed by atoms with van der Waals surface area (Å²) in [4.78, 5) is 1.71. The van der Waals surface area contributed by atoms with Gasteiger partial charge in [-0.1, -0.05) is 0 Å². The highest BCUT2D eigenvalue weighted by atomic mass is 15.2. The Morgan fingerprint density at radius 3 is 2.75 bits per heavy atom. The van der Waals surface area contributed by atoms with E-state index in [9.17, 15) is 0 Å². The summed E-state index contributed by atoms with van der Waals surface area (Å²) < 4.78 is 0. The molecule has 0 radical (unpaired) electrons. The summed E-state index contributed by atoms with van der Waals surface area (Å²) in [7, 11) is 0. The van der Waals surface area contributed by atoms with Crippen LogP contribution in [0.4, 0.5) is 0 Å². The number of nitrogens with zero attached hydrogens (tertiary/aromatic N) is 2.